The van der Waals surface area contributed by atoms with Gasteiger partial charge in [0.05, 0.1) is 5.88 Å². The molecule has 1 fully saturated rings. The lowest BCUT2D eigenvalue weighted by atomic mass is 10.3. The van der Waals surface area contributed by atoms with E-state index in [1.807, 2.05) is 19.0 Å². The summed E-state index contributed by atoms with van der Waals surface area (Å²) in [4.78, 5) is 28.0. The molecule has 0 spiro atoms. The molecule has 1 atom stereocenters. The maximum Gasteiger partial charge on any atom is 0.327 e. The highest BCUT2D eigenvalue weighted by molar-refractivity contribution is 7.99. The molecule has 0 aromatic carbocycles. The fourth-order valence-electron chi connectivity index (χ4n) is 1.50. The molecule has 0 saturated carbocycles. The quantitative estimate of drug-likeness (QED) is 0.775. The number of likely N-dealkylation sites (N-methyl/N-ethyl adjacent to an activating group) is 2. The number of hydrogen-bond donors (Lipinski definition) is 1. The molecule has 0 aromatic heterocycles. The molecule has 1 saturated heterocycles. The fraction of sp³-hybridized carbons (Fsp3) is 0.800. The van der Waals surface area contributed by atoms with Gasteiger partial charge in [0.25, 0.3) is 0 Å². The summed E-state index contributed by atoms with van der Waals surface area (Å²) >= 11 is 1.48. The van der Waals surface area contributed by atoms with Crippen LogP contribution in [0.15, 0.2) is 0 Å². The summed E-state index contributed by atoms with van der Waals surface area (Å²) in [5.41, 5.74) is 0. The van der Waals surface area contributed by atoms with Gasteiger partial charge in [0.15, 0.2) is 0 Å². The molecule has 98 valence electrons. The number of thioether (sulfide) groups is 1. The summed E-state index contributed by atoms with van der Waals surface area (Å²) in [5, 5.41) is 9.00. The van der Waals surface area contributed by atoms with E-state index >= 15 is 0 Å². The highest BCUT2D eigenvalue weighted by Crippen LogP contribution is 2.22. The van der Waals surface area contributed by atoms with Crippen molar-refractivity contribution in [1.29, 1.82) is 0 Å². The van der Waals surface area contributed by atoms with Crippen molar-refractivity contribution in [3.05, 3.63) is 0 Å². The van der Waals surface area contributed by atoms with Gasteiger partial charge in [-0.1, -0.05) is 0 Å². The Morgan fingerprint density at radius 1 is 1.35 bits per heavy atom. The Morgan fingerprint density at radius 3 is 2.53 bits per heavy atom. The van der Waals surface area contributed by atoms with Crippen LogP contribution in [0.4, 0.5) is 4.79 Å². The Labute approximate surface area is 106 Å². The Kier molecular flexibility index (Phi) is 5.07. The van der Waals surface area contributed by atoms with Crippen molar-refractivity contribution >= 4 is 23.8 Å². The van der Waals surface area contributed by atoms with Crippen molar-refractivity contribution < 1.29 is 14.7 Å². The lowest BCUT2D eigenvalue weighted by Gasteiger charge is -2.27. The van der Waals surface area contributed by atoms with Gasteiger partial charge in [-0.15, -0.1) is 11.8 Å². The van der Waals surface area contributed by atoms with E-state index in [4.69, 9.17) is 5.11 Å². The highest BCUT2D eigenvalue weighted by Gasteiger charge is 2.35. The van der Waals surface area contributed by atoms with E-state index in [1.165, 1.54) is 16.7 Å². The molecule has 1 rings (SSSR count). The van der Waals surface area contributed by atoms with Crippen LogP contribution in [-0.4, -0.2) is 83.7 Å². The second kappa shape index (κ2) is 6.11. The van der Waals surface area contributed by atoms with Gasteiger partial charge in [0.2, 0.25) is 0 Å². The smallest absolute Gasteiger partial charge is 0.327 e. The van der Waals surface area contributed by atoms with E-state index in [2.05, 4.69) is 0 Å². The van der Waals surface area contributed by atoms with E-state index in [1.54, 1.807) is 11.9 Å². The van der Waals surface area contributed by atoms with Crippen molar-refractivity contribution in [1.82, 2.24) is 14.7 Å². The van der Waals surface area contributed by atoms with Crippen LogP contribution in [0, 0.1) is 0 Å². The SMILES string of the molecule is CN(C)CCN(C)C(=O)N1CSCC1C(=O)O. The minimum atomic E-state index is -0.927. The number of amides is 2. The molecule has 0 aliphatic carbocycles. The largest absolute Gasteiger partial charge is 0.480 e. The predicted octanol–water partition coefficient (Wildman–Crippen LogP) is 0.0593. The number of carboxylic acids is 1. The van der Waals surface area contributed by atoms with Gasteiger partial charge < -0.3 is 19.8 Å². The maximum atomic E-state index is 12.0. The van der Waals surface area contributed by atoms with Crippen LogP contribution in [0.1, 0.15) is 0 Å². The number of carbonyl (C=O) groups is 2. The average Bonchev–Trinajstić information content (AvgIpc) is 2.73. The molecule has 1 aliphatic heterocycles. The van der Waals surface area contributed by atoms with Crippen LogP contribution >= 0.6 is 11.8 Å². The van der Waals surface area contributed by atoms with Crippen LogP contribution in [0.5, 0.6) is 0 Å². The fourth-order valence-corrected chi connectivity index (χ4v) is 2.64. The Hall–Kier alpha value is -0.950. The van der Waals surface area contributed by atoms with Crippen LogP contribution in [-0.2, 0) is 4.79 Å². The van der Waals surface area contributed by atoms with Crippen molar-refractivity contribution in [2.45, 2.75) is 6.04 Å². The second-order valence-electron chi connectivity index (χ2n) is 4.33. The van der Waals surface area contributed by atoms with Crippen LogP contribution in [0.2, 0.25) is 0 Å². The molecule has 1 N–H and O–H groups in total. The summed E-state index contributed by atoms with van der Waals surface area (Å²) in [5.74, 6) is 0.00870. The molecular weight excluding hydrogens is 242 g/mol. The molecule has 1 unspecified atom stereocenters. The number of rotatable bonds is 4. The normalized spacial score (nSPS) is 19.8. The van der Waals surface area contributed by atoms with E-state index < -0.39 is 12.0 Å². The first-order valence-corrected chi connectivity index (χ1v) is 6.56. The first kappa shape index (κ1) is 14.1. The van der Waals surface area contributed by atoms with E-state index in [0.29, 0.717) is 18.2 Å². The van der Waals surface area contributed by atoms with E-state index in [-0.39, 0.29) is 6.03 Å². The van der Waals surface area contributed by atoms with Gasteiger partial charge >= 0.3 is 12.0 Å². The summed E-state index contributed by atoms with van der Waals surface area (Å²) in [7, 11) is 5.57. The molecule has 2 amide bonds. The lowest BCUT2D eigenvalue weighted by Crippen LogP contribution is -2.48. The maximum absolute atomic E-state index is 12.0. The number of urea groups is 1. The zero-order chi connectivity index (χ0) is 13.0. The molecule has 7 heteroatoms. The number of carbonyl (C=O) groups excluding carboxylic acids is 1. The monoisotopic (exact) mass is 261 g/mol. The molecule has 1 aliphatic rings. The minimum absolute atomic E-state index is 0.204. The number of aliphatic carboxylic acids is 1. The van der Waals surface area contributed by atoms with Gasteiger partial charge in [-0.05, 0) is 14.1 Å². The van der Waals surface area contributed by atoms with E-state index in [9.17, 15) is 9.59 Å². The molecular formula is C10H19N3O3S. The van der Waals surface area contributed by atoms with Crippen molar-refractivity contribution in [2.24, 2.45) is 0 Å². The summed E-state index contributed by atoms with van der Waals surface area (Å²) < 4.78 is 0. The average molecular weight is 261 g/mol. The molecule has 17 heavy (non-hydrogen) atoms. The Morgan fingerprint density at radius 2 is 2.00 bits per heavy atom. The Bertz CT molecular complexity index is 299. The Balaban J connectivity index is 2.53. The first-order valence-electron chi connectivity index (χ1n) is 5.40. The number of nitrogens with zero attached hydrogens (tertiary/aromatic N) is 3. The van der Waals surface area contributed by atoms with Gasteiger partial charge in [-0.3, -0.25) is 0 Å². The first-order chi connectivity index (χ1) is 7.93. The van der Waals surface area contributed by atoms with Crippen molar-refractivity contribution in [2.75, 3.05) is 45.9 Å². The standard InChI is InChI=1S/C10H19N3O3S/c1-11(2)4-5-12(3)10(16)13-7-17-6-8(13)9(14)15/h8H,4-7H2,1-3H3,(H,14,15). The van der Waals surface area contributed by atoms with Gasteiger partial charge in [-0.2, -0.15) is 0 Å². The summed E-state index contributed by atoms with van der Waals surface area (Å²) in [6.07, 6.45) is 0. The van der Waals surface area contributed by atoms with Crippen LogP contribution in [0.3, 0.4) is 0 Å². The van der Waals surface area contributed by atoms with Gasteiger partial charge in [-0.25, -0.2) is 9.59 Å². The molecule has 0 aromatic rings. The molecule has 0 radical (unpaired) electrons. The van der Waals surface area contributed by atoms with E-state index in [0.717, 1.165) is 6.54 Å². The zero-order valence-electron chi connectivity index (χ0n) is 10.4. The van der Waals surface area contributed by atoms with Gasteiger partial charge in [0.1, 0.15) is 6.04 Å². The van der Waals surface area contributed by atoms with Crippen LogP contribution < -0.4 is 0 Å². The number of carboxylic acid groups (broad SMARTS) is 1. The minimum Gasteiger partial charge on any atom is -0.480 e. The molecule has 6 nitrogen and oxygen atoms in total. The van der Waals surface area contributed by atoms with Gasteiger partial charge in [0, 0.05) is 25.9 Å². The topological polar surface area (TPSA) is 64.1 Å². The van der Waals surface area contributed by atoms with Crippen LogP contribution in [0.25, 0.3) is 0 Å². The number of hydrogen-bond acceptors (Lipinski definition) is 4. The predicted molar refractivity (Wildman–Crippen MR) is 67.2 cm³/mol. The highest BCUT2D eigenvalue weighted by atomic mass is 32.2. The van der Waals surface area contributed by atoms with Crippen molar-refractivity contribution in [3.8, 4) is 0 Å². The molecule has 1 heterocycles. The lowest BCUT2D eigenvalue weighted by molar-refractivity contribution is -0.140. The second-order valence-corrected chi connectivity index (χ2v) is 5.33. The summed E-state index contributed by atoms with van der Waals surface area (Å²) in [6.45, 7) is 1.36. The molecule has 0 bridgehead atoms. The van der Waals surface area contributed by atoms with Crippen molar-refractivity contribution in [3.63, 3.8) is 0 Å². The third kappa shape index (κ3) is 3.78. The zero-order valence-corrected chi connectivity index (χ0v) is 11.2. The third-order valence-corrected chi connectivity index (χ3v) is 3.63. The summed E-state index contributed by atoms with van der Waals surface area (Å²) in [6, 6.07) is -0.890. The third-order valence-electron chi connectivity index (χ3n) is 2.62.